The maximum atomic E-state index is 13.1. The zero-order chi connectivity index (χ0) is 24.8. The third kappa shape index (κ3) is 8.33. The molecule has 2 heterocycles. The zero-order valence-electron chi connectivity index (χ0n) is 20.2. The quantitative estimate of drug-likeness (QED) is 0.456. The van der Waals surface area contributed by atoms with Crippen LogP contribution in [0.25, 0.3) is 0 Å². The van der Waals surface area contributed by atoms with E-state index >= 15 is 0 Å². The first-order chi connectivity index (χ1) is 15.4. The number of amides is 4. The predicted octanol–water partition coefficient (Wildman–Crippen LogP) is 1.03. The van der Waals surface area contributed by atoms with Gasteiger partial charge in [0.15, 0.2) is 0 Å². The van der Waals surface area contributed by atoms with E-state index in [1.165, 1.54) is 0 Å². The molecule has 0 spiro atoms. The zero-order valence-corrected chi connectivity index (χ0v) is 20.2. The Morgan fingerprint density at radius 3 is 2.42 bits per heavy atom. The summed E-state index contributed by atoms with van der Waals surface area (Å²) in [6.07, 6.45) is 2.04. The lowest BCUT2D eigenvalue weighted by atomic mass is 9.85. The number of nitrogens with one attached hydrogen (secondary N) is 4. The lowest BCUT2D eigenvalue weighted by molar-refractivity contribution is -0.131. The monoisotopic (exact) mass is 466 g/mol. The molecular weight excluding hydrogens is 428 g/mol. The highest BCUT2D eigenvalue weighted by atomic mass is 16.6. The first-order valence-electron chi connectivity index (χ1n) is 11.7. The van der Waals surface area contributed by atoms with E-state index in [0.717, 1.165) is 0 Å². The number of alkyl carbamates (subject to hydrolysis) is 1. The van der Waals surface area contributed by atoms with Gasteiger partial charge in [0.1, 0.15) is 24.0 Å². The molecular formula is C23H38N4O6. The minimum atomic E-state index is -0.895. The molecule has 4 amide bonds. The Balaban J connectivity index is 2.27. The van der Waals surface area contributed by atoms with Gasteiger partial charge in [-0.15, -0.1) is 0 Å². The number of hydrogen-bond acceptors (Lipinski definition) is 6. The van der Waals surface area contributed by atoms with Crippen molar-refractivity contribution >= 4 is 30.1 Å². The number of ether oxygens (including phenoxy) is 1. The van der Waals surface area contributed by atoms with Crippen molar-refractivity contribution in [3.63, 3.8) is 0 Å². The van der Waals surface area contributed by atoms with Crippen molar-refractivity contribution in [1.82, 2.24) is 21.3 Å². The predicted molar refractivity (Wildman–Crippen MR) is 121 cm³/mol. The number of aldehydes is 1. The van der Waals surface area contributed by atoms with E-state index in [2.05, 4.69) is 21.3 Å². The first kappa shape index (κ1) is 26.6. The van der Waals surface area contributed by atoms with Gasteiger partial charge in [0.2, 0.25) is 17.7 Å². The molecule has 186 valence electrons. The number of fused-ring (bicyclic) bond motifs is 1. The van der Waals surface area contributed by atoms with E-state index in [0.29, 0.717) is 38.5 Å². The smallest absolute Gasteiger partial charge is 0.408 e. The molecule has 2 aliphatic rings. The second-order valence-corrected chi connectivity index (χ2v) is 10.4. The first-order valence-corrected chi connectivity index (χ1v) is 11.7. The number of rotatable bonds is 4. The summed E-state index contributed by atoms with van der Waals surface area (Å²) in [5.41, 5.74) is -0.725. The van der Waals surface area contributed by atoms with Crippen LogP contribution in [0.15, 0.2) is 0 Å². The number of carbonyl (C=O) groups is 5. The molecule has 4 N–H and O–H groups in total. The standard InChI is InChI=1S/C23H38N4O6/c1-13(2)9-18-21(31)25-15(12-28)10-16-14(11-24-19(16)29)7-6-8-17(20(30)26-18)27-22(32)33-23(3,4)5/h12-18H,6-11H2,1-5H3,(H,24,29)(H,25,31)(H,26,30)(H,27,32)/t14-,15-,16+,17-,18-/m0/s1. The minimum Gasteiger partial charge on any atom is -0.444 e. The van der Waals surface area contributed by atoms with Gasteiger partial charge in [-0.3, -0.25) is 14.4 Å². The van der Waals surface area contributed by atoms with Gasteiger partial charge >= 0.3 is 6.09 Å². The van der Waals surface area contributed by atoms with Gasteiger partial charge in [-0.05, 0) is 58.3 Å². The summed E-state index contributed by atoms with van der Waals surface area (Å²) >= 11 is 0. The Hall–Kier alpha value is -2.65. The third-order valence-corrected chi connectivity index (χ3v) is 5.86. The van der Waals surface area contributed by atoms with E-state index in [-0.39, 0.29) is 24.2 Å². The van der Waals surface area contributed by atoms with Gasteiger partial charge in [-0.2, -0.15) is 0 Å². The van der Waals surface area contributed by atoms with E-state index in [1.54, 1.807) is 20.8 Å². The van der Waals surface area contributed by atoms with Crippen molar-refractivity contribution in [1.29, 1.82) is 0 Å². The molecule has 0 radical (unpaired) electrons. The minimum absolute atomic E-state index is 0.0192. The number of carbonyl (C=O) groups excluding carboxylic acids is 5. The van der Waals surface area contributed by atoms with Gasteiger partial charge in [0.25, 0.3) is 0 Å². The van der Waals surface area contributed by atoms with Crippen molar-refractivity contribution in [3.05, 3.63) is 0 Å². The van der Waals surface area contributed by atoms with Crippen LogP contribution in [0.5, 0.6) is 0 Å². The molecule has 0 aromatic rings. The Morgan fingerprint density at radius 2 is 1.82 bits per heavy atom. The Bertz CT molecular complexity index is 748. The highest BCUT2D eigenvalue weighted by Crippen LogP contribution is 2.28. The summed E-state index contributed by atoms with van der Waals surface area (Å²) in [6.45, 7) is 9.51. The maximum absolute atomic E-state index is 13.1. The molecule has 10 heteroatoms. The molecule has 0 bridgehead atoms. The Kier molecular flexibility index (Phi) is 9.25. The van der Waals surface area contributed by atoms with Gasteiger partial charge < -0.3 is 30.8 Å². The topological polar surface area (TPSA) is 143 Å². The van der Waals surface area contributed by atoms with Crippen LogP contribution < -0.4 is 21.3 Å². The average molecular weight is 467 g/mol. The van der Waals surface area contributed by atoms with Crippen LogP contribution in [-0.4, -0.2) is 60.4 Å². The van der Waals surface area contributed by atoms with Crippen LogP contribution in [-0.2, 0) is 23.9 Å². The summed E-state index contributed by atoms with van der Waals surface area (Å²) in [5, 5.41) is 10.9. The summed E-state index contributed by atoms with van der Waals surface area (Å²) in [4.78, 5) is 62.4. The molecule has 0 unspecified atom stereocenters. The van der Waals surface area contributed by atoms with Crippen molar-refractivity contribution in [3.8, 4) is 0 Å². The van der Waals surface area contributed by atoms with E-state index in [1.807, 2.05) is 13.8 Å². The van der Waals surface area contributed by atoms with Crippen molar-refractivity contribution in [2.75, 3.05) is 6.54 Å². The van der Waals surface area contributed by atoms with Crippen molar-refractivity contribution in [2.24, 2.45) is 17.8 Å². The summed E-state index contributed by atoms with van der Waals surface area (Å²) in [5.74, 6) is -1.43. The molecule has 0 aromatic heterocycles. The van der Waals surface area contributed by atoms with E-state index < -0.39 is 47.6 Å². The average Bonchev–Trinajstić information content (AvgIpc) is 3.03. The van der Waals surface area contributed by atoms with E-state index in [4.69, 9.17) is 4.74 Å². The molecule has 0 aliphatic carbocycles. The Labute approximate surface area is 195 Å². The lowest BCUT2D eigenvalue weighted by Crippen LogP contribution is -2.55. The van der Waals surface area contributed by atoms with Crippen LogP contribution in [0.2, 0.25) is 0 Å². The molecule has 2 fully saturated rings. The van der Waals surface area contributed by atoms with Crippen LogP contribution >= 0.6 is 0 Å². The van der Waals surface area contributed by atoms with Gasteiger partial charge in [0.05, 0.1) is 6.04 Å². The molecule has 2 aliphatic heterocycles. The summed E-state index contributed by atoms with van der Waals surface area (Å²) in [6, 6.07) is -2.60. The molecule has 2 rings (SSSR count). The van der Waals surface area contributed by atoms with E-state index in [9.17, 15) is 24.0 Å². The maximum Gasteiger partial charge on any atom is 0.408 e. The van der Waals surface area contributed by atoms with Crippen molar-refractivity contribution < 1.29 is 28.7 Å². The molecule has 0 aromatic carbocycles. The van der Waals surface area contributed by atoms with Crippen LogP contribution in [0, 0.1) is 17.8 Å². The largest absolute Gasteiger partial charge is 0.444 e. The normalized spacial score (nSPS) is 29.4. The SMILES string of the molecule is CC(C)C[C@@H]1NC(=O)[C@@H](NC(=O)OC(C)(C)C)CCC[C@H]2CNC(=O)[C@@H]2C[C@@H](C=O)NC1=O. The molecule has 0 saturated carbocycles. The fourth-order valence-corrected chi connectivity index (χ4v) is 4.31. The second kappa shape index (κ2) is 11.5. The highest BCUT2D eigenvalue weighted by Gasteiger charge is 2.38. The molecule has 10 nitrogen and oxygen atoms in total. The fourth-order valence-electron chi connectivity index (χ4n) is 4.31. The van der Waals surface area contributed by atoms with Crippen LogP contribution in [0.4, 0.5) is 4.79 Å². The third-order valence-electron chi connectivity index (χ3n) is 5.86. The van der Waals surface area contributed by atoms with Gasteiger partial charge in [0, 0.05) is 12.5 Å². The van der Waals surface area contributed by atoms with Gasteiger partial charge in [-0.25, -0.2) is 4.79 Å². The molecule has 5 atom stereocenters. The summed E-state index contributed by atoms with van der Waals surface area (Å²) < 4.78 is 5.30. The number of hydrogen-bond donors (Lipinski definition) is 4. The van der Waals surface area contributed by atoms with Crippen LogP contribution in [0.1, 0.15) is 66.7 Å². The second-order valence-electron chi connectivity index (χ2n) is 10.4. The molecule has 33 heavy (non-hydrogen) atoms. The fraction of sp³-hybridized carbons (Fsp3) is 0.783. The van der Waals surface area contributed by atoms with Crippen molar-refractivity contribution in [2.45, 2.75) is 90.4 Å². The summed E-state index contributed by atoms with van der Waals surface area (Å²) in [7, 11) is 0. The Morgan fingerprint density at radius 1 is 1.12 bits per heavy atom. The lowest BCUT2D eigenvalue weighted by Gasteiger charge is -2.26. The van der Waals surface area contributed by atoms with Crippen LogP contribution in [0.3, 0.4) is 0 Å². The van der Waals surface area contributed by atoms with Gasteiger partial charge in [-0.1, -0.05) is 20.3 Å². The highest BCUT2D eigenvalue weighted by molar-refractivity contribution is 5.92. The molecule has 2 saturated heterocycles.